The SMILES string of the molecule is CN=C(NCCS(=O)(=O)c1ccccc1F)N1CCN(c2ccccc2)CC1. The highest BCUT2D eigenvalue weighted by molar-refractivity contribution is 7.91. The van der Waals surface area contributed by atoms with Gasteiger partial charge in [0.25, 0.3) is 0 Å². The molecule has 1 N–H and O–H groups in total. The molecule has 0 spiro atoms. The minimum atomic E-state index is -3.69. The standard InChI is InChI=1S/C20H25FN4O2S/c1-22-20(23-11-16-28(26,27)19-10-6-5-9-18(19)21)25-14-12-24(13-15-25)17-7-3-2-4-8-17/h2-10H,11-16H2,1H3,(H,22,23). The first-order valence-corrected chi connectivity index (χ1v) is 10.9. The Kier molecular flexibility index (Phi) is 6.51. The van der Waals surface area contributed by atoms with Crippen LogP contribution in [0.2, 0.25) is 0 Å². The van der Waals surface area contributed by atoms with E-state index in [0.717, 1.165) is 32.2 Å². The van der Waals surface area contributed by atoms with E-state index in [1.54, 1.807) is 7.05 Å². The van der Waals surface area contributed by atoms with Crippen LogP contribution in [-0.4, -0.2) is 64.8 Å². The van der Waals surface area contributed by atoms with Gasteiger partial charge in [0.05, 0.1) is 5.75 Å². The molecular formula is C20H25FN4O2S. The van der Waals surface area contributed by atoms with E-state index in [4.69, 9.17) is 0 Å². The number of aliphatic imine (C=N–C) groups is 1. The highest BCUT2D eigenvalue weighted by Gasteiger charge is 2.21. The molecular weight excluding hydrogens is 379 g/mol. The van der Waals surface area contributed by atoms with Gasteiger partial charge in [-0.15, -0.1) is 0 Å². The topological polar surface area (TPSA) is 65.0 Å². The Morgan fingerprint density at radius 2 is 1.68 bits per heavy atom. The number of piperazine rings is 1. The molecule has 1 heterocycles. The molecule has 2 aromatic rings. The number of guanidine groups is 1. The number of rotatable bonds is 5. The number of hydrogen-bond donors (Lipinski definition) is 1. The Morgan fingerprint density at radius 1 is 1.04 bits per heavy atom. The maximum Gasteiger partial charge on any atom is 0.193 e. The quantitative estimate of drug-likeness (QED) is 0.610. The molecule has 2 aromatic carbocycles. The van der Waals surface area contributed by atoms with Crippen molar-refractivity contribution in [2.24, 2.45) is 4.99 Å². The van der Waals surface area contributed by atoms with Crippen molar-refractivity contribution in [2.45, 2.75) is 4.90 Å². The van der Waals surface area contributed by atoms with Crippen LogP contribution >= 0.6 is 0 Å². The Morgan fingerprint density at radius 3 is 2.32 bits per heavy atom. The van der Waals surface area contributed by atoms with Crippen LogP contribution < -0.4 is 10.2 Å². The number of para-hydroxylation sites is 1. The normalized spacial score (nSPS) is 15.6. The second-order valence-corrected chi connectivity index (χ2v) is 8.61. The van der Waals surface area contributed by atoms with E-state index in [2.05, 4.69) is 32.2 Å². The summed E-state index contributed by atoms with van der Waals surface area (Å²) in [6.45, 7) is 3.46. The van der Waals surface area contributed by atoms with Gasteiger partial charge in [0, 0.05) is 45.5 Å². The smallest absolute Gasteiger partial charge is 0.193 e. The van der Waals surface area contributed by atoms with Gasteiger partial charge in [-0.3, -0.25) is 4.99 Å². The summed E-state index contributed by atoms with van der Waals surface area (Å²) in [5.41, 5.74) is 1.20. The molecule has 28 heavy (non-hydrogen) atoms. The number of benzene rings is 2. The lowest BCUT2D eigenvalue weighted by atomic mass is 10.2. The minimum Gasteiger partial charge on any atom is -0.368 e. The number of hydrogen-bond acceptors (Lipinski definition) is 4. The molecule has 1 aliphatic heterocycles. The van der Waals surface area contributed by atoms with Crippen LogP contribution in [0, 0.1) is 5.82 Å². The number of anilines is 1. The predicted octanol–water partition coefficient (Wildman–Crippen LogP) is 2.00. The van der Waals surface area contributed by atoms with E-state index in [1.165, 1.54) is 23.9 Å². The first-order valence-electron chi connectivity index (χ1n) is 9.24. The molecule has 6 nitrogen and oxygen atoms in total. The van der Waals surface area contributed by atoms with Crippen molar-refractivity contribution in [3.05, 3.63) is 60.4 Å². The van der Waals surface area contributed by atoms with Crippen LogP contribution in [0.4, 0.5) is 10.1 Å². The maximum atomic E-state index is 13.8. The Hall–Kier alpha value is -2.61. The minimum absolute atomic E-state index is 0.169. The molecule has 1 aliphatic rings. The summed E-state index contributed by atoms with van der Waals surface area (Å²) in [5, 5.41) is 3.09. The molecule has 1 saturated heterocycles. The summed E-state index contributed by atoms with van der Waals surface area (Å²) in [5.74, 6) is -0.253. The van der Waals surface area contributed by atoms with Crippen LogP contribution in [0.5, 0.6) is 0 Å². The zero-order valence-electron chi connectivity index (χ0n) is 15.9. The van der Waals surface area contributed by atoms with Crippen molar-refractivity contribution in [1.82, 2.24) is 10.2 Å². The molecule has 150 valence electrons. The van der Waals surface area contributed by atoms with Crippen LogP contribution in [0.15, 0.2) is 64.5 Å². The summed E-state index contributed by atoms with van der Waals surface area (Å²) in [6.07, 6.45) is 0. The maximum absolute atomic E-state index is 13.8. The molecule has 0 aliphatic carbocycles. The monoisotopic (exact) mass is 404 g/mol. The lowest BCUT2D eigenvalue weighted by molar-refractivity contribution is 0.373. The van der Waals surface area contributed by atoms with E-state index in [9.17, 15) is 12.8 Å². The summed E-state index contributed by atoms with van der Waals surface area (Å²) in [4.78, 5) is 8.42. The van der Waals surface area contributed by atoms with Gasteiger partial charge < -0.3 is 15.1 Å². The van der Waals surface area contributed by atoms with Gasteiger partial charge in [0.2, 0.25) is 0 Å². The number of nitrogens with one attached hydrogen (secondary N) is 1. The summed E-state index contributed by atoms with van der Waals surface area (Å²) in [6, 6.07) is 15.7. The number of halogens is 1. The number of nitrogens with zero attached hydrogens (tertiary/aromatic N) is 3. The van der Waals surface area contributed by atoms with Gasteiger partial charge in [-0.2, -0.15) is 0 Å². The van der Waals surface area contributed by atoms with Crippen LogP contribution in [0.1, 0.15) is 0 Å². The van der Waals surface area contributed by atoms with Gasteiger partial charge in [0.1, 0.15) is 10.7 Å². The third-order valence-corrected chi connectivity index (χ3v) is 6.48. The van der Waals surface area contributed by atoms with E-state index >= 15 is 0 Å². The van der Waals surface area contributed by atoms with E-state index < -0.39 is 15.7 Å². The van der Waals surface area contributed by atoms with Crippen molar-refractivity contribution < 1.29 is 12.8 Å². The molecule has 0 unspecified atom stereocenters. The molecule has 8 heteroatoms. The molecule has 0 amide bonds. The lowest BCUT2D eigenvalue weighted by Crippen LogP contribution is -2.53. The third kappa shape index (κ3) is 4.81. The first-order chi connectivity index (χ1) is 13.5. The van der Waals surface area contributed by atoms with E-state index in [0.29, 0.717) is 5.96 Å². The lowest BCUT2D eigenvalue weighted by Gasteiger charge is -2.37. The van der Waals surface area contributed by atoms with Crippen molar-refractivity contribution in [3.63, 3.8) is 0 Å². The second kappa shape index (κ2) is 9.05. The van der Waals surface area contributed by atoms with E-state index in [-0.39, 0.29) is 17.2 Å². The third-order valence-electron chi connectivity index (χ3n) is 4.74. The van der Waals surface area contributed by atoms with Crippen LogP contribution in [0.25, 0.3) is 0 Å². The van der Waals surface area contributed by atoms with Crippen molar-refractivity contribution in [1.29, 1.82) is 0 Å². The highest BCUT2D eigenvalue weighted by Crippen LogP contribution is 2.16. The van der Waals surface area contributed by atoms with E-state index in [1.807, 2.05) is 18.2 Å². The van der Waals surface area contributed by atoms with Crippen molar-refractivity contribution in [3.8, 4) is 0 Å². The Labute approximate surface area is 165 Å². The van der Waals surface area contributed by atoms with Gasteiger partial charge in [-0.1, -0.05) is 30.3 Å². The molecule has 0 saturated carbocycles. The van der Waals surface area contributed by atoms with Gasteiger partial charge >= 0.3 is 0 Å². The Bertz CT molecular complexity index is 911. The molecule has 0 radical (unpaired) electrons. The van der Waals surface area contributed by atoms with Crippen molar-refractivity contribution in [2.75, 3.05) is 50.4 Å². The number of sulfone groups is 1. The predicted molar refractivity (Wildman–Crippen MR) is 110 cm³/mol. The highest BCUT2D eigenvalue weighted by atomic mass is 32.2. The Balaban J connectivity index is 1.52. The van der Waals surface area contributed by atoms with Crippen molar-refractivity contribution >= 4 is 21.5 Å². The molecule has 3 rings (SSSR count). The fourth-order valence-electron chi connectivity index (χ4n) is 3.25. The zero-order chi connectivity index (χ0) is 20.0. The zero-order valence-corrected chi connectivity index (χ0v) is 16.7. The molecule has 0 bridgehead atoms. The van der Waals surface area contributed by atoms with Gasteiger partial charge in [0.15, 0.2) is 15.8 Å². The average molecular weight is 405 g/mol. The molecule has 1 fully saturated rings. The molecule has 0 atom stereocenters. The summed E-state index contributed by atoms with van der Waals surface area (Å²) >= 11 is 0. The average Bonchev–Trinajstić information content (AvgIpc) is 2.72. The fraction of sp³-hybridized carbons (Fsp3) is 0.350. The largest absolute Gasteiger partial charge is 0.368 e. The van der Waals surface area contributed by atoms with Crippen LogP contribution in [0.3, 0.4) is 0 Å². The first kappa shape index (κ1) is 20.1. The molecule has 0 aromatic heterocycles. The van der Waals surface area contributed by atoms with Gasteiger partial charge in [-0.05, 0) is 24.3 Å². The fourth-order valence-corrected chi connectivity index (χ4v) is 4.49. The second-order valence-electron chi connectivity index (χ2n) is 6.53. The summed E-state index contributed by atoms with van der Waals surface area (Å²) < 4.78 is 38.5. The van der Waals surface area contributed by atoms with Crippen LogP contribution in [-0.2, 0) is 9.84 Å². The summed E-state index contributed by atoms with van der Waals surface area (Å²) in [7, 11) is -2.01. The van der Waals surface area contributed by atoms with Gasteiger partial charge in [-0.25, -0.2) is 12.8 Å².